The van der Waals surface area contributed by atoms with Gasteiger partial charge >= 0.3 is 0 Å². The summed E-state index contributed by atoms with van der Waals surface area (Å²) < 4.78 is 16.2. The number of carbonyl (C=O) groups is 2. The first-order valence-corrected chi connectivity index (χ1v) is 14.9. The second-order valence-electron chi connectivity index (χ2n) is 11.5. The van der Waals surface area contributed by atoms with Gasteiger partial charge in [-0.15, -0.1) is 0 Å². The first kappa shape index (κ1) is 28.0. The molecule has 3 aromatic carbocycles. The summed E-state index contributed by atoms with van der Waals surface area (Å²) in [6.07, 6.45) is 4.86. The second kappa shape index (κ2) is 10.6. The Labute approximate surface area is 249 Å². The molecule has 1 saturated heterocycles. The number of amides is 2. The third-order valence-electron chi connectivity index (χ3n) is 9.44. The largest absolute Gasteiger partial charge is 0.384 e. The number of aryl methyl sites for hydroxylation is 1. The monoisotopic (exact) mass is 594 g/mol. The fourth-order valence-electron chi connectivity index (χ4n) is 7.56. The lowest BCUT2D eigenvalue weighted by atomic mass is 9.56. The van der Waals surface area contributed by atoms with Crippen molar-refractivity contribution in [1.29, 1.82) is 0 Å². The standard InChI is InChI=1S/C32H33Cl2FN4O2/c1-18-6-12-22(27(35)26(18)34)25-28(30(41)38-21-10-7-19(8-11-21)29(40)36-2)39-31(14-4-3-5-15-31)32(25)17-37-24-16-20(33)9-13-23(24)32/h6-13,16,25,28,37,39H,3-5,14-15,17H2,1-2H3,(H,36,40)(H,38,41)/t25-,28+,32+/m0/s1. The Morgan fingerprint density at radius 1 is 1.00 bits per heavy atom. The number of carbonyl (C=O) groups excluding carboxylic acids is 2. The lowest BCUT2D eigenvalue weighted by molar-refractivity contribution is -0.118. The van der Waals surface area contributed by atoms with E-state index in [2.05, 4.69) is 21.3 Å². The molecular formula is C32H33Cl2FN4O2. The maximum atomic E-state index is 16.2. The average molecular weight is 596 g/mol. The SMILES string of the molecule is CNC(=O)c1ccc(NC(=O)[C@@H]2NC3(CCCCC3)[C@@]3(CNc4cc(Cl)ccc43)[C@H]2c2ccc(C)c(Cl)c2F)cc1. The third-order valence-corrected chi connectivity index (χ3v) is 10.1. The van der Waals surface area contributed by atoms with Crippen LogP contribution in [0.3, 0.4) is 0 Å². The molecule has 4 N–H and O–H groups in total. The molecule has 9 heteroatoms. The minimum absolute atomic E-state index is 0.0773. The molecule has 2 heterocycles. The summed E-state index contributed by atoms with van der Waals surface area (Å²) in [5, 5.41) is 13.7. The summed E-state index contributed by atoms with van der Waals surface area (Å²) in [6, 6.07) is 15.4. The average Bonchev–Trinajstić information content (AvgIpc) is 3.48. The van der Waals surface area contributed by atoms with Crippen LogP contribution in [-0.2, 0) is 10.2 Å². The van der Waals surface area contributed by atoms with Gasteiger partial charge in [-0.1, -0.05) is 60.7 Å². The zero-order chi connectivity index (χ0) is 28.9. The molecule has 41 heavy (non-hydrogen) atoms. The molecule has 0 radical (unpaired) electrons. The van der Waals surface area contributed by atoms with Crippen LogP contribution in [0.5, 0.6) is 0 Å². The van der Waals surface area contributed by atoms with Gasteiger partial charge in [0.15, 0.2) is 0 Å². The Morgan fingerprint density at radius 2 is 1.73 bits per heavy atom. The summed E-state index contributed by atoms with van der Waals surface area (Å²) in [5.74, 6) is -1.51. The van der Waals surface area contributed by atoms with Crippen molar-refractivity contribution in [3.8, 4) is 0 Å². The lowest BCUT2D eigenvalue weighted by Gasteiger charge is -2.48. The number of halogens is 3. The van der Waals surface area contributed by atoms with Gasteiger partial charge in [-0.05, 0) is 72.9 Å². The number of fused-ring (bicyclic) bond motifs is 3. The van der Waals surface area contributed by atoms with E-state index in [-0.39, 0.29) is 16.8 Å². The maximum absolute atomic E-state index is 16.2. The molecule has 2 spiro atoms. The quantitative estimate of drug-likeness (QED) is 0.276. The molecule has 1 saturated carbocycles. The van der Waals surface area contributed by atoms with Gasteiger partial charge in [0.25, 0.3) is 5.91 Å². The van der Waals surface area contributed by atoms with E-state index in [1.54, 1.807) is 44.3 Å². The fraction of sp³-hybridized carbons (Fsp3) is 0.375. The van der Waals surface area contributed by atoms with Gasteiger partial charge < -0.3 is 16.0 Å². The van der Waals surface area contributed by atoms with Crippen molar-refractivity contribution in [3.63, 3.8) is 0 Å². The molecule has 214 valence electrons. The molecule has 0 bridgehead atoms. The van der Waals surface area contributed by atoms with E-state index in [9.17, 15) is 9.59 Å². The van der Waals surface area contributed by atoms with E-state index in [0.29, 0.717) is 33.9 Å². The molecule has 2 amide bonds. The van der Waals surface area contributed by atoms with Gasteiger partial charge in [-0.25, -0.2) is 4.39 Å². The van der Waals surface area contributed by atoms with Gasteiger partial charge in [0.2, 0.25) is 5.91 Å². The van der Waals surface area contributed by atoms with E-state index in [1.165, 1.54) is 0 Å². The number of benzene rings is 3. The van der Waals surface area contributed by atoms with Crippen LogP contribution in [0.4, 0.5) is 15.8 Å². The smallest absolute Gasteiger partial charge is 0.251 e. The van der Waals surface area contributed by atoms with Crippen molar-refractivity contribution in [1.82, 2.24) is 10.6 Å². The van der Waals surface area contributed by atoms with Crippen molar-refractivity contribution >= 4 is 46.4 Å². The highest BCUT2D eigenvalue weighted by molar-refractivity contribution is 6.31. The van der Waals surface area contributed by atoms with Crippen LogP contribution in [0.1, 0.15) is 65.1 Å². The van der Waals surface area contributed by atoms with E-state index >= 15 is 4.39 Å². The Bertz CT molecular complexity index is 1520. The van der Waals surface area contributed by atoms with Crippen LogP contribution < -0.4 is 21.3 Å². The summed E-state index contributed by atoms with van der Waals surface area (Å²) in [4.78, 5) is 26.2. The summed E-state index contributed by atoms with van der Waals surface area (Å²) >= 11 is 12.9. The zero-order valence-electron chi connectivity index (χ0n) is 23.0. The number of anilines is 2. The first-order chi connectivity index (χ1) is 19.7. The number of rotatable bonds is 4. The predicted molar refractivity (Wildman–Crippen MR) is 162 cm³/mol. The molecule has 6 nitrogen and oxygen atoms in total. The number of hydrogen-bond donors (Lipinski definition) is 4. The Hall–Kier alpha value is -3.13. The lowest BCUT2D eigenvalue weighted by Crippen LogP contribution is -2.58. The van der Waals surface area contributed by atoms with Crippen molar-refractivity contribution < 1.29 is 14.0 Å². The van der Waals surface area contributed by atoms with Crippen LogP contribution in [0, 0.1) is 12.7 Å². The molecule has 3 aliphatic rings. The molecule has 6 rings (SSSR count). The number of nitrogens with one attached hydrogen (secondary N) is 4. The number of hydrogen-bond acceptors (Lipinski definition) is 4. The molecule has 0 unspecified atom stereocenters. The summed E-state index contributed by atoms with van der Waals surface area (Å²) in [6.45, 7) is 2.32. The van der Waals surface area contributed by atoms with E-state index < -0.39 is 28.7 Å². The topological polar surface area (TPSA) is 82.3 Å². The molecule has 1 aliphatic carbocycles. The molecule has 3 atom stereocenters. The zero-order valence-corrected chi connectivity index (χ0v) is 24.6. The van der Waals surface area contributed by atoms with Crippen LogP contribution in [-0.4, -0.2) is 37.0 Å². The van der Waals surface area contributed by atoms with E-state index in [4.69, 9.17) is 23.2 Å². The van der Waals surface area contributed by atoms with Crippen LogP contribution in [0.2, 0.25) is 10.0 Å². The van der Waals surface area contributed by atoms with E-state index in [0.717, 1.165) is 43.4 Å². The maximum Gasteiger partial charge on any atom is 0.251 e. The highest BCUT2D eigenvalue weighted by Crippen LogP contribution is 2.62. The van der Waals surface area contributed by atoms with Gasteiger partial charge in [0.1, 0.15) is 5.82 Å². The highest BCUT2D eigenvalue weighted by atomic mass is 35.5. The van der Waals surface area contributed by atoms with Crippen LogP contribution in [0.25, 0.3) is 0 Å². The highest BCUT2D eigenvalue weighted by Gasteiger charge is 2.68. The van der Waals surface area contributed by atoms with Crippen LogP contribution in [0.15, 0.2) is 54.6 Å². The van der Waals surface area contributed by atoms with Crippen LogP contribution >= 0.6 is 23.2 Å². The van der Waals surface area contributed by atoms with Crippen molar-refractivity contribution in [3.05, 3.63) is 92.7 Å². The normalized spacial score (nSPS) is 24.2. The Morgan fingerprint density at radius 3 is 2.44 bits per heavy atom. The summed E-state index contributed by atoms with van der Waals surface area (Å²) in [5.41, 5.74) is 3.01. The van der Waals surface area contributed by atoms with Gasteiger partial charge in [0, 0.05) is 52.4 Å². The predicted octanol–water partition coefficient (Wildman–Crippen LogP) is 6.56. The Kier molecular flexibility index (Phi) is 7.25. The summed E-state index contributed by atoms with van der Waals surface area (Å²) in [7, 11) is 1.57. The van der Waals surface area contributed by atoms with Gasteiger partial charge in [-0.3, -0.25) is 14.9 Å². The van der Waals surface area contributed by atoms with Crippen molar-refractivity contribution in [2.24, 2.45) is 0 Å². The Balaban J connectivity index is 1.50. The minimum Gasteiger partial charge on any atom is -0.384 e. The first-order valence-electron chi connectivity index (χ1n) is 14.1. The fourth-order valence-corrected chi connectivity index (χ4v) is 7.90. The van der Waals surface area contributed by atoms with Crippen molar-refractivity contribution in [2.75, 3.05) is 24.2 Å². The van der Waals surface area contributed by atoms with Gasteiger partial charge in [0.05, 0.1) is 11.1 Å². The third kappa shape index (κ3) is 4.41. The van der Waals surface area contributed by atoms with E-state index in [1.807, 2.05) is 24.3 Å². The molecule has 2 aliphatic heterocycles. The molecule has 0 aromatic heterocycles. The molecular weight excluding hydrogens is 562 g/mol. The molecule has 2 fully saturated rings. The van der Waals surface area contributed by atoms with Crippen molar-refractivity contribution in [2.45, 2.75) is 61.9 Å². The molecule has 3 aromatic rings. The second-order valence-corrected chi connectivity index (χ2v) is 12.3. The minimum atomic E-state index is -0.747. The van der Waals surface area contributed by atoms with Gasteiger partial charge in [-0.2, -0.15) is 0 Å².